The number of ether oxygens (including phenoxy) is 1. The number of carbonyl (C=O) groups is 1. The Hall–Kier alpha value is -2.94. The van der Waals surface area contributed by atoms with Gasteiger partial charge < -0.3 is 24.7 Å². The summed E-state index contributed by atoms with van der Waals surface area (Å²) in [6, 6.07) is 0. The van der Waals surface area contributed by atoms with E-state index >= 15 is 0 Å². The summed E-state index contributed by atoms with van der Waals surface area (Å²) in [5.74, 6) is 1.58. The fraction of sp³-hybridized carbons (Fsp3) is 0.583. The number of hydrogen-bond donors (Lipinski definition) is 3. The Morgan fingerprint density at radius 2 is 2.03 bits per heavy atom. The second kappa shape index (κ2) is 7.83. The number of fused-ring (bicyclic) bond motifs is 1. The van der Waals surface area contributed by atoms with Crippen LogP contribution in [0.5, 0.6) is 0 Å². The number of amidine groups is 1. The molecule has 0 radical (unpaired) electrons. The number of aryl methyl sites for hydroxylation is 1. The predicted molar refractivity (Wildman–Crippen MR) is 126 cm³/mol. The fourth-order valence-electron chi connectivity index (χ4n) is 4.66. The van der Waals surface area contributed by atoms with Crippen molar-refractivity contribution < 1.29 is 13.9 Å². The Labute approximate surface area is 193 Å². The van der Waals surface area contributed by atoms with Crippen molar-refractivity contribution in [3.8, 4) is 0 Å². The molecule has 0 bridgehead atoms. The average Bonchev–Trinajstić information content (AvgIpc) is 3.66. The highest BCUT2D eigenvalue weighted by Crippen LogP contribution is 2.40. The quantitative estimate of drug-likeness (QED) is 0.435. The summed E-state index contributed by atoms with van der Waals surface area (Å²) in [7, 11) is 1.69. The van der Waals surface area contributed by atoms with Gasteiger partial charge in [-0.15, -0.1) is 0 Å². The van der Waals surface area contributed by atoms with Gasteiger partial charge in [0.1, 0.15) is 23.7 Å². The van der Waals surface area contributed by atoms with Crippen molar-refractivity contribution in [3.05, 3.63) is 28.8 Å². The van der Waals surface area contributed by atoms with Gasteiger partial charge in [-0.2, -0.15) is 0 Å². The molecule has 5 rings (SSSR count). The molecular weight excluding hydrogens is 420 g/mol. The predicted octanol–water partition coefficient (Wildman–Crippen LogP) is 3.40. The minimum atomic E-state index is -0.0967. The first kappa shape index (κ1) is 21.9. The van der Waals surface area contributed by atoms with Crippen LogP contribution in [0.15, 0.2) is 21.9 Å². The number of furan rings is 1. The van der Waals surface area contributed by atoms with Crippen LogP contribution in [0.1, 0.15) is 62.1 Å². The van der Waals surface area contributed by atoms with Crippen molar-refractivity contribution in [2.45, 2.75) is 64.0 Å². The largest absolute Gasteiger partial charge is 0.442 e. The van der Waals surface area contributed by atoms with Crippen LogP contribution in [0.2, 0.25) is 0 Å². The molecule has 9 nitrogen and oxygen atoms in total. The third kappa shape index (κ3) is 4.10. The average molecular weight is 453 g/mol. The lowest BCUT2D eigenvalue weighted by molar-refractivity contribution is 0.0764. The first-order chi connectivity index (χ1) is 15.7. The summed E-state index contributed by atoms with van der Waals surface area (Å²) in [5, 5.41) is 16.1. The maximum Gasteiger partial charge on any atom is 0.258 e. The highest BCUT2D eigenvalue weighted by atomic mass is 16.5. The summed E-state index contributed by atoms with van der Waals surface area (Å²) >= 11 is 0. The van der Waals surface area contributed by atoms with Crippen molar-refractivity contribution in [1.82, 2.24) is 20.2 Å². The molecule has 0 unspecified atom stereocenters. The molecule has 176 valence electrons. The second-order valence-corrected chi connectivity index (χ2v) is 10.1. The Morgan fingerprint density at radius 1 is 1.27 bits per heavy atom. The van der Waals surface area contributed by atoms with Crippen LogP contribution in [-0.4, -0.2) is 64.5 Å². The highest BCUT2D eigenvalue weighted by molar-refractivity contribution is 6.10. The lowest BCUT2D eigenvalue weighted by Gasteiger charge is -2.31. The number of aromatic nitrogens is 2. The minimum Gasteiger partial charge on any atom is -0.442 e. The van der Waals surface area contributed by atoms with E-state index in [-0.39, 0.29) is 17.0 Å². The van der Waals surface area contributed by atoms with Crippen molar-refractivity contribution in [3.63, 3.8) is 0 Å². The lowest BCUT2D eigenvalue weighted by atomic mass is 9.98. The van der Waals surface area contributed by atoms with E-state index in [1.165, 1.54) is 6.33 Å². The molecule has 0 saturated heterocycles. The number of hydrogen-bond acceptors (Lipinski definition) is 7. The Bertz CT molecular complexity index is 1160. The van der Waals surface area contributed by atoms with E-state index in [2.05, 4.69) is 27.5 Å². The Balaban J connectivity index is 1.37. The topological polar surface area (TPSA) is 116 Å². The van der Waals surface area contributed by atoms with Crippen molar-refractivity contribution in [2.24, 2.45) is 0 Å². The van der Waals surface area contributed by atoms with E-state index in [4.69, 9.17) is 14.6 Å². The normalized spacial score (nSPS) is 20.7. The van der Waals surface area contributed by atoms with Gasteiger partial charge in [-0.25, -0.2) is 9.97 Å². The fourth-order valence-corrected chi connectivity index (χ4v) is 4.66. The molecule has 0 atom stereocenters. The first-order valence-corrected chi connectivity index (χ1v) is 11.6. The lowest BCUT2D eigenvalue weighted by Crippen LogP contribution is -2.44. The molecule has 3 aliphatic rings. The van der Waals surface area contributed by atoms with Crippen molar-refractivity contribution in [1.29, 1.82) is 5.41 Å². The van der Waals surface area contributed by atoms with Gasteiger partial charge in [-0.05, 0) is 64.0 Å². The van der Waals surface area contributed by atoms with Gasteiger partial charge in [0, 0.05) is 25.7 Å². The van der Waals surface area contributed by atoms with Crippen molar-refractivity contribution >= 4 is 28.7 Å². The van der Waals surface area contributed by atoms with E-state index in [9.17, 15) is 4.79 Å². The molecule has 9 heteroatoms. The standard InChI is InChI=1S/C24H32N6O3/c1-14-11-30(10-5-16(14)19(25)28-24(8-9-24)12-32-4)22(31)17-15(2)33-21-18(17)20(26-13-27-21)29-23(3)6-7-23/h13H,5-12H2,1-4H3,(H2,25,28)(H,26,27,29). The van der Waals surface area contributed by atoms with Crippen LogP contribution in [-0.2, 0) is 4.74 Å². The van der Waals surface area contributed by atoms with Gasteiger partial charge in [0.15, 0.2) is 0 Å². The van der Waals surface area contributed by atoms with Gasteiger partial charge in [0.25, 0.3) is 5.91 Å². The van der Waals surface area contributed by atoms with Crippen LogP contribution < -0.4 is 10.6 Å². The summed E-state index contributed by atoms with van der Waals surface area (Å²) in [6.45, 7) is 7.60. The zero-order valence-corrected chi connectivity index (χ0v) is 19.8. The smallest absolute Gasteiger partial charge is 0.258 e. The van der Waals surface area contributed by atoms with E-state index < -0.39 is 0 Å². The molecular formula is C24H32N6O3. The molecule has 2 fully saturated rings. The SMILES string of the molecule is COCC1(NC(=N)C2=C(C)CN(C(=O)c3c(C)oc4ncnc(NC5(C)CC5)c34)CC2)CC1. The number of anilines is 1. The van der Waals surface area contributed by atoms with E-state index in [1.54, 1.807) is 14.0 Å². The van der Waals surface area contributed by atoms with Crippen LogP contribution in [0, 0.1) is 12.3 Å². The highest BCUT2D eigenvalue weighted by Gasteiger charge is 2.44. The number of rotatable bonds is 7. The number of amides is 1. The number of nitrogens with one attached hydrogen (secondary N) is 3. The van der Waals surface area contributed by atoms with Crippen LogP contribution >= 0.6 is 0 Å². The van der Waals surface area contributed by atoms with Gasteiger partial charge in [-0.3, -0.25) is 10.2 Å². The van der Waals surface area contributed by atoms with Crippen LogP contribution in [0.4, 0.5) is 5.82 Å². The number of carbonyl (C=O) groups excluding carboxylic acids is 1. The van der Waals surface area contributed by atoms with Gasteiger partial charge >= 0.3 is 0 Å². The molecule has 2 aliphatic carbocycles. The van der Waals surface area contributed by atoms with Gasteiger partial charge in [0.05, 0.1) is 23.1 Å². The minimum absolute atomic E-state index is 0.0151. The summed E-state index contributed by atoms with van der Waals surface area (Å²) < 4.78 is 11.2. The van der Waals surface area contributed by atoms with Gasteiger partial charge in [0.2, 0.25) is 5.71 Å². The zero-order chi connectivity index (χ0) is 23.4. The maximum atomic E-state index is 13.6. The van der Waals surface area contributed by atoms with Crippen LogP contribution in [0.3, 0.4) is 0 Å². The molecule has 2 aromatic rings. The zero-order valence-electron chi connectivity index (χ0n) is 19.8. The molecule has 0 spiro atoms. The van der Waals surface area contributed by atoms with Crippen LogP contribution in [0.25, 0.3) is 11.1 Å². The Kier molecular flexibility index (Phi) is 5.19. The van der Waals surface area contributed by atoms with E-state index in [0.717, 1.165) is 36.8 Å². The molecule has 3 N–H and O–H groups in total. The molecule has 2 saturated carbocycles. The number of nitrogens with zero attached hydrogens (tertiary/aromatic N) is 3. The molecule has 1 aliphatic heterocycles. The molecule has 1 amide bonds. The molecule has 0 aromatic carbocycles. The Morgan fingerprint density at radius 3 is 2.67 bits per heavy atom. The van der Waals surface area contributed by atoms with E-state index in [0.29, 0.717) is 60.2 Å². The summed E-state index contributed by atoms with van der Waals surface area (Å²) in [6.07, 6.45) is 6.30. The maximum absolute atomic E-state index is 13.6. The first-order valence-electron chi connectivity index (χ1n) is 11.6. The van der Waals surface area contributed by atoms with Crippen molar-refractivity contribution in [2.75, 3.05) is 32.1 Å². The third-order valence-corrected chi connectivity index (χ3v) is 7.13. The number of methoxy groups -OCH3 is 1. The van der Waals surface area contributed by atoms with Gasteiger partial charge in [-0.1, -0.05) is 0 Å². The second-order valence-electron chi connectivity index (χ2n) is 10.1. The molecule has 33 heavy (non-hydrogen) atoms. The summed E-state index contributed by atoms with van der Waals surface area (Å²) in [4.78, 5) is 24.2. The monoisotopic (exact) mass is 452 g/mol. The third-order valence-electron chi connectivity index (χ3n) is 7.13. The van der Waals surface area contributed by atoms with E-state index in [1.807, 2.05) is 11.8 Å². The molecule has 3 heterocycles. The summed E-state index contributed by atoms with van der Waals surface area (Å²) in [5.41, 5.74) is 2.90. The molecule has 2 aromatic heterocycles.